The number of hydrogen-bond donors (Lipinski definition) is 1. The number of carbonyl (C=O) groups is 2. The van der Waals surface area contributed by atoms with E-state index in [0.29, 0.717) is 28.3 Å². The fourth-order valence-corrected chi connectivity index (χ4v) is 2.59. The Labute approximate surface area is 174 Å². The van der Waals surface area contributed by atoms with Gasteiger partial charge in [0.1, 0.15) is 23.1 Å². The SMILES string of the molecule is COc1cccc(NC(=O)/C(C#N)=C/c2ccc(OC(=O)c3ccccc3)cc2)c1. The molecule has 0 saturated heterocycles. The average Bonchev–Trinajstić information content (AvgIpc) is 2.79. The van der Waals surface area contributed by atoms with E-state index in [2.05, 4.69) is 5.32 Å². The van der Waals surface area contributed by atoms with Gasteiger partial charge in [-0.25, -0.2) is 4.79 Å². The van der Waals surface area contributed by atoms with Crippen molar-refractivity contribution in [3.05, 3.63) is 95.6 Å². The largest absolute Gasteiger partial charge is 0.497 e. The van der Waals surface area contributed by atoms with Crippen LogP contribution < -0.4 is 14.8 Å². The van der Waals surface area contributed by atoms with Crippen LogP contribution in [0.25, 0.3) is 6.08 Å². The van der Waals surface area contributed by atoms with E-state index in [-0.39, 0.29) is 5.57 Å². The molecule has 30 heavy (non-hydrogen) atoms. The van der Waals surface area contributed by atoms with Crippen LogP contribution in [0.1, 0.15) is 15.9 Å². The summed E-state index contributed by atoms with van der Waals surface area (Å²) in [6.07, 6.45) is 1.46. The van der Waals surface area contributed by atoms with E-state index in [1.807, 2.05) is 12.1 Å². The summed E-state index contributed by atoms with van der Waals surface area (Å²) in [5.41, 5.74) is 1.52. The molecule has 0 unspecified atom stereocenters. The highest BCUT2D eigenvalue weighted by molar-refractivity contribution is 6.09. The van der Waals surface area contributed by atoms with E-state index in [0.717, 1.165) is 0 Å². The number of methoxy groups -OCH3 is 1. The van der Waals surface area contributed by atoms with Crippen molar-refractivity contribution in [2.24, 2.45) is 0 Å². The Morgan fingerprint density at radius 3 is 2.33 bits per heavy atom. The minimum atomic E-state index is -0.537. The first-order valence-corrected chi connectivity index (χ1v) is 9.03. The number of nitrogens with zero attached hydrogens (tertiary/aromatic N) is 1. The van der Waals surface area contributed by atoms with Crippen LogP contribution >= 0.6 is 0 Å². The van der Waals surface area contributed by atoms with Crippen LogP contribution in [-0.2, 0) is 4.79 Å². The predicted octanol–water partition coefficient (Wildman–Crippen LogP) is 4.46. The van der Waals surface area contributed by atoms with Crippen LogP contribution in [0.3, 0.4) is 0 Å². The van der Waals surface area contributed by atoms with E-state index < -0.39 is 11.9 Å². The zero-order valence-corrected chi connectivity index (χ0v) is 16.2. The van der Waals surface area contributed by atoms with Crippen molar-refractivity contribution >= 4 is 23.6 Å². The first kappa shape index (κ1) is 20.4. The molecule has 0 atom stereocenters. The number of esters is 1. The van der Waals surface area contributed by atoms with Crippen molar-refractivity contribution in [3.8, 4) is 17.6 Å². The maximum absolute atomic E-state index is 12.4. The summed E-state index contributed by atoms with van der Waals surface area (Å²) < 4.78 is 10.4. The molecule has 0 radical (unpaired) electrons. The predicted molar refractivity (Wildman–Crippen MR) is 113 cm³/mol. The van der Waals surface area contributed by atoms with Crippen LogP contribution in [0.5, 0.6) is 11.5 Å². The van der Waals surface area contributed by atoms with Crippen molar-refractivity contribution in [1.29, 1.82) is 5.26 Å². The van der Waals surface area contributed by atoms with Crippen molar-refractivity contribution in [2.75, 3.05) is 12.4 Å². The Bertz CT molecular complexity index is 1110. The van der Waals surface area contributed by atoms with Gasteiger partial charge in [-0.3, -0.25) is 4.79 Å². The lowest BCUT2D eigenvalue weighted by Gasteiger charge is -2.07. The first-order chi connectivity index (χ1) is 14.6. The van der Waals surface area contributed by atoms with Gasteiger partial charge in [-0.1, -0.05) is 36.4 Å². The summed E-state index contributed by atoms with van der Waals surface area (Å²) in [5, 5.41) is 12.0. The molecule has 0 aliphatic heterocycles. The second kappa shape index (κ2) is 9.71. The van der Waals surface area contributed by atoms with Crippen LogP contribution in [0.2, 0.25) is 0 Å². The summed E-state index contributed by atoms with van der Waals surface area (Å²) in [6.45, 7) is 0. The van der Waals surface area contributed by atoms with Gasteiger partial charge < -0.3 is 14.8 Å². The number of benzene rings is 3. The number of hydrogen-bond acceptors (Lipinski definition) is 5. The van der Waals surface area contributed by atoms with Crippen molar-refractivity contribution < 1.29 is 19.1 Å². The van der Waals surface area contributed by atoms with Crippen LogP contribution in [0, 0.1) is 11.3 Å². The summed E-state index contributed by atoms with van der Waals surface area (Å²) in [5.74, 6) is -0.0455. The molecule has 0 bridgehead atoms. The van der Waals surface area contributed by atoms with Gasteiger partial charge in [0.15, 0.2) is 0 Å². The average molecular weight is 398 g/mol. The van der Waals surface area contributed by atoms with Gasteiger partial charge in [0.25, 0.3) is 5.91 Å². The number of rotatable bonds is 6. The Kier molecular flexibility index (Phi) is 6.59. The van der Waals surface area contributed by atoms with Gasteiger partial charge >= 0.3 is 5.97 Å². The quantitative estimate of drug-likeness (QED) is 0.287. The Hall–Kier alpha value is -4.37. The van der Waals surface area contributed by atoms with Gasteiger partial charge in [-0.05, 0) is 48.0 Å². The van der Waals surface area contributed by atoms with Crippen molar-refractivity contribution in [1.82, 2.24) is 0 Å². The summed E-state index contributed by atoms with van der Waals surface area (Å²) in [4.78, 5) is 24.5. The molecule has 0 aliphatic carbocycles. The molecule has 1 amide bonds. The monoisotopic (exact) mass is 398 g/mol. The number of nitriles is 1. The molecule has 0 aromatic heterocycles. The number of anilines is 1. The minimum absolute atomic E-state index is 0.0631. The molecule has 6 heteroatoms. The molecular weight excluding hydrogens is 380 g/mol. The Morgan fingerprint density at radius 1 is 0.933 bits per heavy atom. The zero-order chi connectivity index (χ0) is 21.3. The molecular formula is C24H18N2O4. The topological polar surface area (TPSA) is 88.4 Å². The highest BCUT2D eigenvalue weighted by Gasteiger charge is 2.11. The Morgan fingerprint density at radius 2 is 1.67 bits per heavy atom. The van der Waals surface area contributed by atoms with Gasteiger partial charge in [0.05, 0.1) is 12.7 Å². The number of amides is 1. The lowest BCUT2D eigenvalue weighted by Crippen LogP contribution is -2.13. The first-order valence-electron chi connectivity index (χ1n) is 9.03. The smallest absolute Gasteiger partial charge is 0.343 e. The molecule has 1 N–H and O–H groups in total. The highest BCUT2D eigenvalue weighted by Crippen LogP contribution is 2.19. The molecule has 0 spiro atoms. The molecule has 0 heterocycles. The summed E-state index contributed by atoms with van der Waals surface area (Å²) in [6, 6.07) is 23.9. The van der Waals surface area contributed by atoms with E-state index in [9.17, 15) is 14.9 Å². The second-order valence-electron chi connectivity index (χ2n) is 6.18. The van der Waals surface area contributed by atoms with Crippen LogP contribution in [0.4, 0.5) is 5.69 Å². The molecule has 0 aliphatic rings. The maximum Gasteiger partial charge on any atom is 0.343 e. The zero-order valence-electron chi connectivity index (χ0n) is 16.2. The Balaban J connectivity index is 1.69. The fraction of sp³-hybridized carbons (Fsp3) is 0.0417. The standard InChI is InChI=1S/C24H18N2O4/c1-29-22-9-5-8-20(15-22)26-23(27)19(16-25)14-17-10-12-21(13-11-17)30-24(28)18-6-3-2-4-7-18/h2-15H,1H3,(H,26,27)/b19-14+. The number of nitrogens with one attached hydrogen (secondary N) is 1. The van der Waals surface area contributed by atoms with Crippen LogP contribution in [-0.4, -0.2) is 19.0 Å². The third-order valence-electron chi connectivity index (χ3n) is 4.10. The van der Waals surface area contributed by atoms with Gasteiger partial charge in [-0.15, -0.1) is 0 Å². The van der Waals surface area contributed by atoms with E-state index in [1.54, 1.807) is 72.8 Å². The van der Waals surface area contributed by atoms with Crippen molar-refractivity contribution in [3.63, 3.8) is 0 Å². The molecule has 148 valence electrons. The maximum atomic E-state index is 12.4. The molecule has 0 saturated carbocycles. The summed E-state index contributed by atoms with van der Waals surface area (Å²) in [7, 11) is 1.53. The summed E-state index contributed by atoms with van der Waals surface area (Å²) >= 11 is 0. The third kappa shape index (κ3) is 5.33. The fourth-order valence-electron chi connectivity index (χ4n) is 2.59. The van der Waals surface area contributed by atoms with Crippen molar-refractivity contribution in [2.45, 2.75) is 0 Å². The molecule has 0 fully saturated rings. The van der Waals surface area contributed by atoms with E-state index in [4.69, 9.17) is 9.47 Å². The van der Waals surface area contributed by atoms with E-state index in [1.165, 1.54) is 13.2 Å². The molecule has 3 aromatic carbocycles. The van der Waals surface area contributed by atoms with Gasteiger partial charge in [0, 0.05) is 11.8 Å². The molecule has 6 nitrogen and oxygen atoms in total. The minimum Gasteiger partial charge on any atom is -0.497 e. The molecule has 3 aromatic rings. The highest BCUT2D eigenvalue weighted by atomic mass is 16.5. The second-order valence-corrected chi connectivity index (χ2v) is 6.18. The normalized spacial score (nSPS) is 10.6. The lowest BCUT2D eigenvalue weighted by molar-refractivity contribution is -0.112. The third-order valence-corrected chi connectivity index (χ3v) is 4.10. The number of carbonyl (C=O) groups excluding carboxylic acids is 2. The van der Waals surface area contributed by atoms with E-state index >= 15 is 0 Å². The molecule has 3 rings (SSSR count). The van der Waals surface area contributed by atoms with Gasteiger partial charge in [-0.2, -0.15) is 5.26 Å². The number of ether oxygens (including phenoxy) is 2. The van der Waals surface area contributed by atoms with Crippen LogP contribution in [0.15, 0.2) is 84.4 Å². The lowest BCUT2D eigenvalue weighted by atomic mass is 10.1. The van der Waals surface area contributed by atoms with Gasteiger partial charge in [0.2, 0.25) is 0 Å².